The van der Waals surface area contributed by atoms with Crippen molar-refractivity contribution in [3.8, 4) is 0 Å². The number of carbonyl (C=O) groups excluding carboxylic acids is 1. The molecule has 1 N–H and O–H groups in total. The highest BCUT2D eigenvalue weighted by Gasteiger charge is 2.22. The summed E-state index contributed by atoms with van der Waals surface area (Å²) in [5, 5.41) is 3.18. The van der Waals surface area contributed by atoms with Gasteiger partial charge in [0.05, 0.1) is 18.0 Å². The van der Waals surface area contributed by atoms with Crippen LogP contribution >= 0.6 is 0 Å². The average molecular weight is 479 g/mol. The third-order valence-electron chi connectivity index (χ3n) is 6.18. The highest BCUT2D eigenvalue weighted by Crippen LogP contribution is 2.27. The fourth-order valence-electron chi connectivity index (χ4n) is 4.22. The number of carbonyl (C=O) groups is 1. The number of amides is 1. The number of nitrogens with zero attached hydrogens (tertiary/aromatic N) is 1. The molecule has 0 aliphatic carbocycles. The van der Waals surface area contributed by atoms with Gasteiger partial charge >= 0.3 is 0 Å². The minimum atomic E-state index is -3.47. The first-order valence-corrected chi connectivity index (χ1v) is 13.4. The number of hydrogen-bond acceptors (Lipinski definition) is 3. The molecule has 3 aromatic rings. The summed E-state index contributed by atoms with van der Waals surface area (Å²) in [7, 11) is -3.47. The van der Waals surface area contributed by atoms with Gasteiger partial charge in [0.25, 0.3) is 0 Å². The first-order chi connectivity index (χ1) is 16.1. The molecule has 180 valence electrons. The Morgan fingerprint density at radius 2 is 1.62 bits per heavy atom. The first kappa shape index (κ1) is 25.5. The first-order valence-electron chi connectivity index (χ1n) is 11.5. The zero-order valence-corrected chi connectivity index (χ0v) is 21.4. The van der Waals surface area contributed by atoms with Crippen LogP contribution in [-0.2, 0) is 14.8 Å². The van der Waals surface area contributed by atoms with E-state index in [1.54, 1.807) is 0 Å². The molecular formula is C28H34N2O3S. The van der Waals surface area contributed by atoms with Gasteiger partial charge in [0.1, 0.15) is 0 Å². The molecule has 0 aromatic heterocycles. The molecule has 0 saturated heterocycles. The van der Waals surface area contributed by atoms with Crippen LogP contribution in [0.1, 0.15) is 52.3 Å². The maximum absolute atomic E-state index is 13.0. The maximum Gasteiger partial charge on any atom is 0.232 e. The van der Waals surface area contributed by atoms with Crippen LogP contribution in [0, 0.1) is 27.7 Å². The van der Waals surface area contributed by atoms with Crippen LogP contribution in [0.15, 0.2) is 66.7 Å². The van der Waals surface area contributed by atoms with Gasteiger partial charge in [0, 0.05) is 13.0 Å². The van der Waals surface area contributed by atoms with E-state index < -0.39 is 10.0 Å². The van der Waals surface area contributed by atoms with E-state index in [1.807, 2.05) is 62.4 Å². The third-order valence-corrected chi connectivity index (χ3v) is 7.36. The number of anilines is 1. The van der Waals surface area contributed by atoms with Crippen molar-refractivity contribution < 1.29 is 13.2 Å². The lowest BCUT2D eigenvalue weighted by atomic mass is 9.93. The molecule has 0 saturated carbocycles. The SMILES string of the molecule is Cc1ccc([C@@H](NC(=O)CCCN(c2cccc(C)c2C)S(C)(=O)=O)c2ccccc2)c(C)c1. The van der Waals surface area contributed by atoms with Gasteiger partial charge in [-0.25, -0.2) is 8.42 Å². The van der Waals surface area contributed by atoms with Crippen LogP contribution in [0.2, 0.25) is 0 Å². The topological polar surface area (TPSA) is 66.5 Å². The molecule has 5 nitrogen and oxygen atoms in total. The predicted octanol–water partition coefficient (Wildman–Crippen LogP) is 5.37. The maximum atomic E-state index is 13.0. The second-order valence-electron chi connectivity index (χ2n) is 8.93. The van der Waals surface area contributed by atoms with Crippen molar-refractivity contribution >= 4 is 21.6 Å². The number of rotatable bonds is 9. The van der Waals surface area contributed by atoms with Gasteiger partial charge in [0.15, 0.2) is 0 Å². The van der Waals surface area contributed by atoms with Crippen LogP contribution in [-0.4, -0.2) is 27.1 Å². The standard InChI is InChI=1S/C28H34N2O3S/c1-20-16-17-25(22(3)19-20)28(24-12-7-6-8-13-24)29-27(31)15-10-18-30(34(5,32)33)26-14-9-11-21(2)23(26)4/h6-9,11-14,16-17,19,28H,10,15,18H2,1-5H3,(H,29,31)/t28-/m0/s1. The molecule has 0 spiro atoms. The van der Waals surface area contributed by atoms with Crippen LogP contribution in [0.25, 0.3) is 0 Å². The molecule has 6 heteroatoms. The van der Waals surface area contributed by atoms with Crippen molar-refractivity contribution in [2.24, 2.45) is 0 Å². The van der Waals surface area contributed by atoms with Crippen molar-refractivity contribution in [3.05, 3.63) is 100 Å². The number of sulfonamides is 1. The monoisotopic (exact) mass is 478 g/mol. The Labute approximate surface area is 203 Å². The summed E-state index contributed by atoms with van der Waals surface area (Å²) < 4.78 is 26.4. The molecule has 1 amide bonds. The summed E-state index contributed by atoms with van der Waals surface area (Å²) in [6.07, 6.45) is 1.85. The molecule has 0 radical (unpaired) electrons. The van der Waals surface area contributed by atoms with E-state index in [0.29, 0.717) is 12.1 Å². The van der Waals surface area contributed by atoms with Gasteiger partial charge in [-0.1, -0.05) is 66.2 Å². The lowest BCUT2D eigenvalue weighted by Gasteiger charge is -2.25. The Hall–Kier alpha value is -3.12. The van der Waals surface area contributed by atoms with E-state index in [9.17, 15) is 13.2 Å². The zero-order valence-electron chi connectivity index (χ0n) is 20.6. The molecule has 3 aromatic carbocycles. The van der Waals surface area contributed by atoms with Crippen LogP contribution in [0.4, 0.5) is 5.69 Å². The molecular weight excluding hydrogens is 444 g/mol. The minimum Gasteiger partial charge on any atom is -0.345 e. The van der Waals surface area contributed by atoms with E-state index in [4.69, 9.17) is 0 Å². The summed E-state index contributed by atoms with van der Waals surface area (Å²) in [6.45, 7) is 8.23. The van der Waals surface area contributed by atoms with Crippen molar-refractivity contribution in [3.63, 3.8) is 0 Å². The second kappa shape index (κ2) is 10.9. The largest absolute Gasteiger partial charge is 0.345 e. The lowest BCUT2D eigenvalue weighted by molar-refractivity contribution is -0.121. The smallest absolute Gasteiger partial charge is 0.232 e. The number of aryl methyl sites for hydroxylation is 3. The minimum absolute atomic E-state index is 0.108. The van der Waals surface area contributed by atoms with Gasteiger partial charge < -0.3 is 5.32 Å². The molecule has 0 heterocycles. The predicted molar refractivity (Wildman–Crippen MR) is 140 cm³/mol. The normalized spacial score (nSPS) is 12.3. The van der Waals surface area contributed by atoms with Gasteiger partial charge in [-0.2, -0.15) is 0 Å². The van der Waals surface area contributed by atoms with Gasteiger partial charge in [-0.3, -0.25) is 9.10 Å². The van der Waals surface area contributed by atoms with E-state index in [2.05, 4.69) is 37.4 Å². The fourth-order valence-corrected chi connectivity index (χ4v) is 5.24. The van der Waals surface area contributed by atoms with Crippen LogP contribution < -0.4 is 9.62 Å². The molecule has 0 unspecified atom stereocenters. The molecule has 0 fully saturated rings. The summed E-state index contributed by atoms with van der Waals surface area (Å²) in [4.78, 5) is 13.0. The fraction of sp³-hybridized carbons (Fsp3) is 0.321. The van der Waals surface area contributed by atoms with E-state index >= 15 is 0 Å². The van der Waals surface area contributed by atoms with E-state index in [1.165, 1.54) is 16.1 Å². The number of benzene rings is 3. The second-order valence-corrected chi connectivity index (χ2v) is 10.8. The molecule has 0 bridgehead atoms. The van der Waals surface area contributed by atoms with Crippen molar-refractivity contribution in [1.82, 2.24) is 5.32 Å². The Bertz CT molecular complexity index is 1250. The number of hydrogen-bond donors (Lipinski definition) is 1. The van der Waals surface area contributed by atoms with Crippen molar-refractivity contribution in [2.45, 2.75) is 46.6 Å². The van der Waals surface area contributed by atoms with Crippen LogP contribution in [0.3, 0.4) is 0 Å². The molecule has 34 heavy (non-hydrogen) atoms. The Morgan fingerprint density at radius 3 is 2.26 bits per heavy atom. The Balaban J connectivity index is 1.75. The van der Waals surface area contributed by atoms with Crippen LogP contribution in [0.5, 0.6) is 0 Å². The van der Waals surface area contributed by atoms with Crippen molar-refractivity contribution in [1.29, 1.82) is 0 Å². The molecule has 1 atom stereocenters. The lowest BCUT2D eigenvalue weighted by Crippen LogP contribution is -2.33. The summed E-state index contributed by atoms with van der Waals surface area (Å²) in [5.74, 6) is -0.108. The molecule has 0 aliphatic heterocycles. The summed E-state index contributed by atoms with van der Waals surface area (Å²) in [5.41, 5.74) is 6.98. The molecule has 0 aliphatic rings. The van der Waals surface area contributed by atoms with Gasteiger partial charge in [0.2, 0.25) is 15.9 Å². The quantitative estimate of drug-likeness (QED) is 0.449. The number of nitrogens with one attached hydrogen (secondary N) is 1. The highest BCUT2D eigenvalue weighted by atomic mass is 32.2. The average Bonchev–Trinajstić information content (AvgIpc) is 2.78. The van der Waals surface area contributed by atoms with E-state index in [0.717, 1.165) is 27.8 Å². The van der Waals surface area contributed by atoms with Gasteiger partial charge in [-0.15, -0.1) is 0 Å². The third kappa shape index (κ3) is 6.26. The zero-order chi connectivity index (χ0) is 24.9. The van der Waals surface area contributed by atoms with E-state index in [-0.39, 0.29) is 24.9 Å². The Kier molecular flexibility index (Phi) is 8.15. The Morgan fingerprint density at radius 1 is 0.912 bits per heavy atom. The van der Waals surface area contributed by atoms with Gasteiger partial charge in [-0.05, 0) is 68.0 Å². The summed E-state index contributed by atoms with van der Waals surface area (Å²) >= 11 is 0. The highest BCUT2D eigenvalue weighted by molar-refractivity contribution is 7.92. The van der Waals surface area contributed by atoms with Crippen molar-refractivity contribution in [2.75, 3.05) is 17.1 Å². The molecule has 3 rings (SSSR count). The summed E-state index contributed by atoms with van der Waals surface area (Å²) in [6, 6.07) is 21.5.